The smallest absolute Gasteiger partial charge is 0.326 e. The molecule has 1 saturated carbocycles. The molecule has 1 unspecified atom stereocenters. The molecule has 262 valence electrons. The average Bonchev–Trinajstić information content (AvgIpc) is 3.37. The van der Waals surface area contributed by atoms with Crippen LogP contribution in [0.2, 0.25) is 5.02 Å². The summed E-state index contributed by atoms with van der Waals surface area (Å²) in [7, 11) is -4.12. The van der Waals surface area contributed by atoms with E-state index in [0.717, 1.165) is 54.2 Å². The Morgan fingerprint density at radius 2 is 1.88 bits per heavy atom. The quantitative estimate of drug-likeness (QED) is 0.287. The summed E-state index contributed by atoms with van der Waals surface area (Å²) < 4.78 is 65.0. The van der Waals surface area contributed by atoms with Crippen molar-refractivity contribution in [3.8, 4) is 11.5 Å². The van der Waals surface area contributed by atoms with E-state index in [1.165, 1.54) is 0 Å². The van der Waals surface area contributed by atoms with Crippen molar-refractivity contribution in [3.05, 3.63) is 71.0 Å². The van der Waals surface area contributed by atoms with Crippen LogP contribution < -0.4 is 23.4 Å². The fourth-order valence-corrected chi connectivity index (χ4v) is 9.54. The number of nitrogens with zero attached hydrogens (tertiary/aromatic N) is 5. The second-order valence-corrected chi connectivity index (χ2v) is 16.9. The molecule has 9 rings (SSSR count). The van der Waals surface area contributed by atoms with Crippen LogP contribution in [0.1, 0.15) is 63.5 Å². The number of carbonyl (C=O) groups is 1. The summed E-state index contributed by atoms with van der Waals surface area (Å²) in [6, 6.07) is 12.1. The number of imidazole rings is 1. The Morgan fingerprint density at radius 1 is 1.08 bits per heavy atom. The first kappa shape index (κ1) is 31.8. The van der Waals surface area contributed by atoms with Crippen molar-refractivity contribution in [2.24, 2.45) is 10.8 Å². The first-order valence-electron chi connectivity index (χ1n) is 16.8. The zero-order valence-electron chi connectivity index (χ0n) is 27.8. The molecule has 1 amide bonds. The molecule has 1 N–H and O–H groups in total. The molecule has 4 aromatic rings. The van der Waals surface area contributed by atoms with Crippen LogP contribution in [0.25, 0.3) is 11.0 Å². The van der Waals surface area contributed by atoms with Crippen molar-refractivity contribution >= 4 is 50.1 Å². The van der Waals surface area contributed by atoms with Gasteiger partial charge in [-0.3, -0.25) is 9.78 Å². The predicted octanol–water partition coefficient (Wildman–Crippen LogP) is 5.42. The van der Waals surface area contributed by atoms with Crippen LogP contribution in [0, 0.1) is 16.6 Å². The monoisotopic (exact) mass is 722 g/mol. The van der Waals surface area contributed by atoms with Gasteiger partial charge in [-0.05, 0) is 55.0 Å². The summed E-state index contributed by atoms with van der Waals surface area (Å²) in [6.45, 7) is 8.21. The molecule has 3 saturated heterocycles. The van der Waals surface area contributed by atoms with Gasteiger partial charge >= 0.3 is 10.2 Å². The standard InChI is InChI=1S/C35H36ClFN6O6S/c1-33(2)19-47-18-28(33)43-25-14-21(42-17-29(44)40-50(42,45)46)13-23(37)30(25)39-32(43)22-15-35(22)9-11-41(12-10-35)24-5-4-6-26-31(24)49-34(3,48-26)27-8-7-20(36)16-38-27/h4-8,13-14,16,22,28H,9-12,15,17-19H2,1-3H3,(H,40,44)/t22-,28+,34?/m0/s1. The van der Waals surface area contributed by atoms with Gasteiger partial charge < -0.3 is 23.7 Å². The molecule has 4 aliphatic heterocycles. The summed E-state index contributed by atoms with van der Waals surface area (Å²) in [5, 5.41) is 0.535. The number of nitrogens with one attached hydrogen (secondary N) is 1. The van der Waals surface area contributed by atoms with Crippen LogP contribution in [0.5, 0.6) is 11.5 Å². The van der Waals surface area contributed by atoms with Crippen molar-refractivity contribution in [2.75, 3.05) is 42.1 Å². The summed E-state index contributed by atoms with van der Waals surface area (Å²) >= 11 is 6.07. The van der Waals surface area contributed by atoms with Crippen molar-refractivity contribution < 1.29 is 31.8 Å². The summed E-state index contributed by atoms with van der Waals surface area (Å²) in [5.74, 6) is -0.144. The third-order valence-corrected chi connectivity index (χ3v) is 12.8. The topological polar surface area (TPSA) is 128 Å². The minimum atomic E-state index is -4.12. The Balaban J connectivity index is 1.01. The molecular weight excluding hydrogens is 687 g/mol. The number of pyridine rings is 1. The number of aromatic nitrogens is 3. The van der Waals surface area contributed by atoms with Gasteiger partial charge in [-0.25, -0.2) is 18.4 Å². The van der Waals surface area contributed by atoms with E-state index in [1.807, 2.05) is 23.8 Å². The van der Waals surface area contributed by atoms with Crippen molar-refractivity contribution in [1.29, 1.82) is 0 Å². The second kappa shape index (κ2) is 10.7. The number of carbonyl (C=O) groups excluding carboxylic acids is 1. The number of hydrogen-bond acceptors (Lipinski definition) is 9. The number of rotatable bonds is 5. The number of fused-ring (bicyclic) bond motifs is 2. The Labute approximate surface area is 293 Å². The van der Waals surface area contributed by atoms with Crippen molar-refractivity contribution in [2.45, 2.75) is 57.8 Å². The molecule has 12 nitrogen and oxygen atoms in total. The van der Waals surface area contributed by atoms with E-state index >= 15 is 4.39 Å². The third kappa shape index (κ3) is 4.85. The Kier molecular flexibility index (Phi) is 6.80. The fourth-order valence-electron chi connectivity index (χ4n) is 8.30. The van der Waals surface area contributed by atoms with E-state index in [0.29, 0.717) is 40.9 Å². The van der Waals surface area contributed by atoms with Crippen LogP contribution in [0.15, 0.2) is 48.7 Å². The molecule has 2 aromatic carbocycles. The number of para-hydroxylation sites is 1. The van der Waals surface area contributed by atoms with Gasteiger partial charge in [0.2, 0.25) is 0 Å². The normalized spacial score (nSPS) is 27.3. The SMILES string of the molecule is CC1(c2ccc(Cl)cn2)Oc2cccc(N3CCC4(CC3)C[C@H]4c3nc4c(F)cc(N5CC(=O)NS5(=O)=O)cc4n3[C@@H]3COCC3(C)C)c2O1. The first-order chi connectivity index (χ1) is 23.8. The molecule has 0 radical (unpaired) electrons. The van der Waals surface area contributed by atoms with Crippen LogP contribution in [-0.2, 0) is 25.5 Å². The van der Waals surface area contributed by atoms with Crippen molar-refractivity contribution in [3.63, 3.8) is 0 Å². The summed E-state index contributed by atoms with van der Waals surface area (Å²) in [4.78, 5) is 23.7. The molecule has 50 heavy (non-hydrogen) atoms. The van der Waals surface area contributed by atoms with E-state index in [4.69, 9.17) is 30.8 Å². The molecule has 2 aromatic heterocycles. The third-order valence-electron chi connectivity index (χ3n) is 11.2. The molecule has 4 fully saturated rings. The number of halogens is 2. The summed E-state index contributed by atoms with van der Waals surface area (Å²) in [5.41, 5.74) is 2.08. The van der Waals surface area contributed by atoms with Gasteiger partial charge in [0.05, 0.1) is 41.2 Å². The number of ether oxygens (including phenoxy) is 3. The Hall–Kier alpha value is -4.14. The van der Waals surface area contributed by atoms with Gasteiger partial charge in [0.25, 0.3) is 11.7 Å². The van der Waals surface area contributed by atoms with E-state index in [1.54, 1.807) is 24.4 Å². The molecule has 6 heterocycles. The number of amides is 1. The molecule has 15 heteroatoms. The maximum atomic E-state index is 15.9. The maximum absolute atomic E-state index is 15.9. The van der Waals surface area contributed by atoms with Gasteiger partial charge in [0, 0.05) is 43.6 Å². The largest absolute Gasteiger partial charge is 0.443 e. The lowest BCUT2D eigenvalue weighted by molar-refractivity contribution is -0.117. The van der Waals surface area contributed by atoms with E-state index in [-0.39, 0.29) is 34.0 Å². The lowest BCUT2D eigenvalue weighted by atomic mass is 9.87. The second-order valence-electron chi connectivity index (χ2n) is 14.9. The number of anilines is 2. The maximum Gasteiger partial charge on any atom is 0.326 e. The van der Waals surface area contributed by atoms with Gasteiger partial charge in [-0.1, -0.05) is 31.5 Å². The van der Waals surface area contributed by atoms with E-state index in [2.05, 4.69) is 34.4 Å². The number of hydrogen-bond donors (Lipinski definition) is 1. The van der Waals surface area contributed by atoms with E-state index < -0.39 is 34.3 Å². The molecule has 1 spiro atoms. The van der Waals surface area contributed by atoms with Crippen LogP contribution in [-0.4, -0.2) is 61.7 Å². The summed E-state index contributed by atoms with van der Waals surface area (Å²) in [6.07, 6.45) is 4.30. The van der Waals surface area contributed by atoms with E-state index in [9.17, 15) is 13.2 Å². The minimum absolute atomic E-state index is 0.00970. The number of piperidine rings is 1. The highest BCUT2D eigenvalue weighted by molar-refractivity contribution is 7.92. The highest BCUT2D eigenvalue weighted by Crippen LogP contribution is 2.66. The minimum Gasteiger partial charge on any atom is -0.443 e. The highest BCUT2D eigenvalue weighted by atomic mass is 35.5. The van der Waals surface area contributed by atoms with Crippen molar-refractivity contribution in [1.82, 2.24) is 19.3 Å². The highest BCUT2D eigenvalue weighted by Gasteiger charge is 2.58. The zero-order chi connectivity index (χ0) is 34.8. The predicted molar refractivity (Wildman–Crippen MR) is 183 cm³/mol. The van der Waals surface area contributed by atoms with Gasteiger partial charge in [0.15, 0.2) is 17.3 Å². The number of benzene rings is 2. The van der Waals surface area contributed by atoms with Crippen LogP contribution in [0.3, 0.4) is 0 Å². The Morgan fingerprint density at radius 3 is 2.56 bits per heavy atom. The van der Waals surface area contributed by atoms with Gasteiger partial charge in [-0.2, -0.15) is 8.42 Å². The van der Waals surface area contributed by atoms with Gasteiger partial charge in [-0.15, -0.1) is 0 Å². The molecule has 0 bridgehead atoms. The van der Waals surface area contributed by atoms with Gasteiger partial charge in [0.1, 0.15) is 23.6 Å². The lowest BCUT2D eigenvalue weighted by Gasteiger charge is -2.35. The first-order valence-corrected chi connectivity index (χ1v) is 18.6. The lowest BCUT2D eigenvalue weighted by Crippen LogP contribution is -2.36. The zero-order valence-corrected chi connectivity index (χ0v) is 29.4. The van der Waals surface area contributed by atoms with Crippen LogP contribution >= 0.6 is 11.6 Å². The average molecular weight is 723 g/mol. The Bertz CT molecular complexity index is 2190. The molecule has 1 aliphatic carbocycles. The molecule has 5 aliphatic rings. The fraction of sp³-hybridized carbons (Fsp3) is 0.457. The molecular formula is C35H36ClFN6O6S. The van der Waals surface area contributed by atoms with Crippen LogP contribution in [0.4, 0.5) is 15.8 Å². The molecule has 3 atom stereocenters.